The number of aryl methyl sites for hydroxylation is 1. The Kier molecular flexibility index (Phi) is 8.41. The lowest BCUT2D eigenvalue weighted by Crippen LogP contribution is -2.27. The van der Waals surface area contributed by atoms with Gasteiger partial charge < -0.3 is 9.30 Å². The summed E-state index contributed by atoms with van der Waals surface area (Å²) in [4.78, 5) is 22.8. The van der Waals surface area contributed by atoms with Crippen LogP contribution >= 0.6 is 0 Å². The van der Waals surface area contributed by atoms with E-state index in [1.807, 2.05) is 61.2 Å². The van der Waals surface area contributed by atoms with Gasteiger partial charge in [-0.05, 0) is 79.8 Å². The molecule has 34 heavy (non-hydrogen) atoms. The van der Waals surface area contributed by atoms with Gasteiger partial charge in [0.2, 0.25) is 0 Å². The van der Waals surface area contributed by atoms with Gasteiger partial charge in [0, 0.05) is 56.4 Å². The van der Waals surface area contributed by atoms with Crippen LogP contribution in [0.3, 0.4) is 0 Å². The molecule has 0 radical (unpaired) electrons. The Morgan fingerprint density at radius 2 is 1.68 bits per heavy atom. The highest BCUT2D eigenvalue weighted by Crippen LogP contribution is 2.19. The van der Waals surface area contributed by atoms with Gasteiger partial charge in [-0.15, -0.1) is 0 Å². The molecule has 6 nitrogen and oxygen atoms in total. The number of hydrogen-bond acceptors (Lipinski definition) is 5. The molecule has 0 atom stereocenters. The first kappa shape index (κ1) is 23.6. The molecule has 6 heteroatoms. The quantitative estimate of drug-likeness (QED) is 0.291. The molecular formula is C28H32N4O2. The number of unbranched alkanes of at least 4 members (excludes halogenated alkanes) is 2. The molecule has 1 aromatic carbocycles. The van der Waals surface area contributed by atoms with Gasteiger partial charge >= 0.3 is 0 Å². The first-order valence-electron chi connectivity index (χ1n) is 11.9. The van der Waals surface area contributed by atoms with E-state index in [1.165, 1.54) is 11.1 Å². The molecule has 0 fully saturated rings. The fourth-order valence-electron chi connectivity index (χ4n) is 4.11. The summed E-state index contributed by atoms with van der Waals surface area (Å²) in [5.41, 5.74) is 3.42. The Morgan fingerprint density at radius 3 is 2.44 bits per heavy atom. The van der Waals surface area contributed by atoms with Crippen molar-refractivity contribution >= 4 is 10.9 Å². The van der Waals surface area contributed by atoms with Crippen molar-refractivity contribution in [2.75, 3.05) is 19.7 Å². The predicted molar refractivity (Wildman–Crippen MR) is 136 cm³/mol. The zero-order valence-corrected chi connectivity index (χ0v) is 19.8. The van der Waals surface area contributed by atoms with Crippen LogP contribution in [0.5, 0.6) is 5.75 Å². The van der Waals surface area contributed by atoms with Gasteiger partial charge in [-0.1, -0.05) is 12.1 Å². The van der Waals surface area contributed by atoms with E-state index in [0.717, 1.165) is 62.0 Å². The van der Waals surface area contributed by atoms with Crippen LogP contribution in [0.1, 0.15) is 30.4 Å². The van der Waals surface area contributed by atoms with Crippen molar-refractivity contribution in [2.24, 2.45) is 7.05 Å². The molecule has 0 unspecified atom stereocenters. The van der Waals surface area contributed by atoms with E-state index < -0.39 is 0 Å². The molecule has 0 aliphatic heterocycles. The Bertz CT molecular complexity index is 1230. The van der Waals surface area contributed by atoms with Gasteiger partial charge in [0.05, 0.1) is 12.1 Å². The minimum atomic E-state index is -0.000764. The molecular weight excluding hydrogens is 424 g/mol. The van der Waals surface area contributed by atoms with Crippen molar-refractivity contribution in [3.05, 3.63) is 101 Å². The fourth-order valence-corrected chi connectivity index (χ4v) is 4.11. The molecule has 4 aromatic rings. The van der Waals surface area contributed by atoms with Crippen LogP contribution in [0.4, 0.5) is 0 Å². The Labute approximate surface area is 200 Å². The topological polar surface area (TPSA) is 60.2 Å². The molecule has 0 N–H and O–H groups in total. The number of nitrogens with zero attached hydrogens (tertiary/aromatic N) is 4. The van der Waals surface area contributed by atoms with Crippen LogP contribution in [0.15, 0.2) is 84.2 Å². The van der Waals surface area contributed by atoms with Gasteiger partial charge in [-0.25, -0.2) is 0 Å². The van der Waals surface area contributed by atoms with Gasteiger partial charge in [-0.3, -0.25) is 19.7 Å². The number of aromatic nitrogens is 3. The summed E-state index contributed by atoms with van der Waals surface area (Å²) in [7, 11) is 1.79. The van der Waals surface area contributed by atoms with Crippen LogP contribution in [0.25, 0.3) is 10.9 Å². The zero-order chi connectivity index (χ0) is 23.6. The van der Waals surface area contributed by atoms with Crippen LogP contribution in [0, 0.1) is 0 Å². The molecule has 3 heterocycles. The lowest BCUT2D eigenvalue weighted by molar-refractivity contribution is 0.253. The second-order valence-electron chi connectivity index (χ2n) is 8.61. The number of ether oxygens (including phenoxy) is 1. The van der Waals surface area contributed by atoms with Gasteiger partial charge in [-0.2, -0.15) is 0 Å². The second kappa shape index (κ2) is 12.1. The zero-order valence-electron chi connectivity index (χ0n) is 19.8. The molecule has 3 aromatic heterocycles. The summed E-state index contributed by atoms with van der Waals surface area (Å²) in [6, 6.07) is 17.6. The second-order valence-corrected chi connectivity index (χ2v) is 8.61. The van der Waals surface area contributed by atoms with E-state index in [1.54, 1.807) is 17.7 Å². The minimum Gasteiger partial charge on any atom is -0.494 e. The van der Waals surface area contributed by atoms with Crippen LogP contribution < -0.4 is 10.3 Å². The first-order valence-corrected chi connectivity index (χ1v) is 11.9. The normalized spacial score (nSPS) is 11.2. The summed E-state index contributed by atoms with van der Waals surface area (Å²) in [5.74, 6) is 0.848. The molecule has 0 saturated heterocycles. The molecule has 4 rings (SSSR count). The van der Waals surface area contributed by atoms with Crippen molar-refractivity contribution < 1.29 is 4.74 Å². The average Bonchev–Trinajstić information content (AvgIpc) is 2.88. The summed E-state index contributed by atoms with van der Waals surface area (Å²) < 4.78 is 7.63. The van der Waals surface area contributed by atoms with E-state index in [0.29, 0.717) is 6.61 Å². The number of benzene rings is 1. The smallest absolute Gasteiger partial charge is 0.250 e. The van der Waals surface area contributed by atoms with Crippen molar-refractivity contribution in [2.45, 2.75) is 32.2 Å². The number of pyridine rings is 3. The summed E-state index contributed by atoms with van der Waals surface area (Å²) >= 11 is 0. The van der Waals surface area contributed by atoms with Crippen molar-refractivity contribution in [3.63, 3.8) is 0 Å². The summed E-state index contributed by atoms with van der Waals surface area (Å²) in [6.45, 7) is 3.63. The highest BCUT2D eigenvalue weighted by molar-refractivity contribution is 5.80. The number of hydrogen-bond donors (Lipinski definition) is 0. The largest absolute Gasteiger partial charge is 0.494 e. The maximum Gasteiger partial charge on any atom is 0.250 e. The van der Waals surface area contributed by atoms with E-state index in [9.17, 15) is 4.79 Å². The third-order valence-corrected chi connectivity index (χ3v) is 6.05. The van der Waals surface area contributed by atoms with E-state index in [2.05, 4.69) is 27.0 Å². The van der Waals surface area contributed by atoms with E-state index >= 15 is 0 Å². The SMILES string of the molecule is Cn1c(=O)ccc2cc(OCCCCCN(CCc3cccnc3)Cc3cccnc3)ccc21. The third kappa shape index (κ3) is 6.75. The minimum absolute atomic E-state index is 0.000764. The highest BCUT2D eigenvalue weighted by Gasteiger charge is 2.07. The fraction of sp³-hybridized carbons (Fsp3) is 0.321. The van der Waals surface area contributed by atoms with Gasteiger partial charge in [0.15, 0.2) is 0 Å². The number of fused-ring (bicyclic) bond motifs is 1. The van der Waals surface area contributed by atoms with Crippen molar-refractivity contribution in [3.8, 4) is 5.75 Å². The average molecular weight is 457 g/mol. The lowest BCUT2D eigenvalue weighted by Gasteiger charge is -2.22. The van der Waals surface area contributed by atoms with Crippen LogP contribution in [-0.2, 0) is 20.0 Å². The monoisotopic (exact) mass is 456 g/mol. The number of rotatable bonds is 12. The predicted octanol–water partition coefficient (Wildman–Crippen LogP) is 4.62. The molecule has 0 aliphatic rings. The molecule has 0 saturated carbocycles. The molecule has 0 amide bonds. The highest BCUT2D eigenvalue weighted by atomic mass is 16.5. The standard InChI is InChI=1S/C28H32N4O2/c1-31-27-11-10-26(19-25(27)9-12-28(31)33)34-18-4-2-3-16-32(22-24-8-6-15-30-21-24)17-13-23-7-5-14-29-20-23/h5-12,14-15,19-21H,2-4,13,16-18,22H2,1H3. The third-order valence-electron chi connectivity index (χ3n) is 6.05. The molecule has 0 bridgehead atoms. The van der Waals surface area contributed by atoms with Crippen LogP contribution in [0.2, 0.25) is 0 Å². The summed E-state index contributed by atoms with van der Waals surface area (Å²) in [5, 5.41) is 1.01. The summed E-state index contributed by atoms with van der Waals surface area (Å²) in [6.07, 6.45) is 11.8. The van der Waals surface area contributed by atoms with Gasteiger partial charge in [0.1, 0.15) is 5.75 Å². The Hall–Kier alpha value is -3.51. The molecule has 0 aliphatic carbocycles. The van der Waals surface area contributed by atoms with Crippen molar-refractivity contribution in [1.29, 1.82) is 0 Å². The van der Waals surface area contributed by atoms with Gasteiger partial charge in [0.25, 0.3) is 5.56 Å². The lowest BCUT2D eigenvalue weighted by atomic mass is 10.1. The molecule has 0 spiro atoms. The van der Waals surface area contributed by atoms with Crippen molar-refractivity contribution in [1.82, 2.24) is 19.4 Å². The first-order chi connectivity index (χ1) is 16.7. The van der Waals surface area contributed by atoms with E-state index in [-0.39, 0.29) is 5.56 Å². The molecule has 176 valence electrons. The Morgan fingerprint density at radius 1 is 0.882 bits per heavy atom. The maximum absolute atomic E-state index is 11.8. The Balaban J connectivity index is 1.23. The van der Waals surface area contributed by atoms with Crippen LogP contribution in [-0.4, -0.2) is 39.1 Å². The maximum atomic E-state index is 11.8. The van der Waals surface area contributed by atoms with E-state index in [4.69, 9.17) is 4.74 Å².